The molecule has 1 unspecified atom stereocenters. The van der Waals surface area contributed by atoms with Gasteiger partial charge in [0.15, 0.2) is 0 Å². The molecule has 0 amide bonds. The molecule has 2 aromatic heterocycles. The summed E-state index contributed by atoms with van der Waals surface area (Å²) in [6.45, 7) is 0.967. The summed E-state index contributed by atoms with van der Waals surface area (Å²) >= 11 is 0. The van der Waals surface area contributed by atoms with Crippen LogP contribution >= 0.6 is 0 Å². The van der Waals surface area contributed by atoms with Gasteiger partial charge in [-0.25, -0.2) is 9.07 Å². The molecule has 0 aliphatic rings. The predicted molar refractivity (Wildman–Crippen MR) is 124 cm³/mol. The molecular formula is C26H21F4N3O2. The topological polar surface area (TPSA) is 52.2 Å². The van der Waals surface area contributed by atoms with Gasteiger partial charge in [0.1, 0.15) is 11.6 Å². The maximum atomic E-state index is 14.4. The molecule has 5 rings (SSSR count). The first-order valence-electron chi connectivity index (χ1n) is 10.8. The average molecular weight is 483 g/mol. The molecule has 0 spiro atoms. The Morgan fingerprint density at radius 1 is 0.914 bits per heavy atom. The zero-order valence-electron chi connectivity index (χ0n) is 18.8. The van der Waals surface area contributed by atoms with Crippen molar-refractivity contribution in [3.8, 4) is 11.4 Å². The van der Waals surface area contributed by atoms with Crippen LogP contribution in [0.25, 0.3) is 27.5 Å². The normalized spacial score (nSPS) is 13.9. The molecule has 180 valence electrons. The number of fused-ring (bicyclic) bond motifs is 2. The molecule has 5 aromatic rings. The number of benzene rings is 3. The van der Waals surface area contributed by atoms with Crippen molar-refractivity contribution < 1.29 is 27.4 Å². The zero-order valence-corrected chi connectivity index (χ0v) is 18.8. The van der Waals surface area contributed by atoms with E-state index in [1.54, 1.807) is 31.2 Å². The third-order valence-corrected chi connectivity index (χ3v) is 6.29. The van der Waals surface area contributed by atoms with Crippen LogP contribution in [0.5, 0.6) is 5.75 Å². The van der Waals surface area contributed by atoms with E-state index in [1.165, 1.54) is 65.0 Å². The number of methoxy groups -OCH3 is 1. The van der Waals surface area contributed by atoms with Crippen molar-refractivity contribution in [2.75, 3.05) is 7.11 Å². The van der Waals surface area contributed by atoms with Gasteiger partial charge in [0.2, 0.25) is 5.60 Å². The lowest BCUT2D eigenvalue weighted by atomic mass is 9.91. The second kappa shape index (κ2) is 8.13. The first-order chi connectivity index (χ1) is 16.6. The molecule has 1 atom stereocenters. The average Bonchev–Trinajstić information content (AvgIpc) is 3.38. The first kappa shape index (κ1) is 22.9. The largest absolute Gasteiger partial charge is 0.497 e. The number of aliphatic hydroxyl groups is 1. The van der Waals surface area contributed by atoms with Gasteiger partial charge in [-0.3, -0.25) is 0 Å². The first-order valence-corrected chi connectivity index (χ1v) is 10.8. The molecule has 1 N–H and O–H groups in total. The van der Waals surface area contributed by atoms with Crippen LogP contribution in [0.15, 0.2) is 72.9 Å². The number of ether oxygens (including phenoxy) is 1. The van der Waals surface area contributed by atoms with E-state index < -0.39 is 24.1 Å². The van der Waals surface area contributed by atoms with Crippen molar-refractivity contribution in [3.05, 3.63) is 90.0 Å². The molecule has 0 aliphatic carbocycles. The highest BCUT2D eigenvalue weighted by atomic mass is 19.4. The van der Waals surface area contributed by atoms with Crippen LogP contribution < -0.4 is 4.74 Å². The fourth-order valence-electron chi connectivity index (χ4n) is 4.38. The standard InChI is InChI=1S/C26H21F4N3O2/c1-16-11-17-13-22(35-2)8-10-23(17)32(16)15-25(34,26(28,29)30)19-3-9-24-18(12-19)14-31-33(24)21-6-4-20(27)5-7-21/h3-14,34H,15H2,1-2H3. The van der Waals surface area contributed by atoms with Crippen molar-refractivity contribution in [2.24, 2.45) is 0 Å². The lowest BCUT2D eigenvalue weighted by Gasteiger charge is -2.32. The summed E-state index contributed by atoms with van der Waals surface area (Å²) in [6.07, 6.45) is -3.54. The Morgan fingerprint density at radius 3 is 2.31 bits per heavy atom. The number of aromatic nitrogens is 3. The Bertz CT molecular complexity index is 1540. The molecule has 9 heteroatoms. The van der Waals surface area contributed by atoms with Gasteiger partial charge in [0.05, 0.1) is 31.1 Å². The summed E-state index contributed by atoms with van der Waals surface area (Å²) in [5.74, 6) is 0.179. The van der Waals surface area contributed by atoms with Gasteiger partial charge < -0.3 is 14.4 Å². The van der Waals surface area contributed by atoms with E-state index in [-0.39, 0.29) is 5.56 Å². The van der Waals surface area contributed by atoms with Crippen LogP contribution in [0.3, 0.4) is 0 Å². The van der Waals surface area contributed by atoms with Crippen molar-refractivity contribution in [3.63, 3.8) is 0 Å². The predicted octanol–water partition coefficient (Wildman–Crippen LogP) is 5.89. The maximum Gasteiger partial charge on any atom is 0.423 e. The molecule has 3 aromatic carbocycles. The number of halogens is 4. The fourth-order valence-corrected chi connectivity index (χ4v) is 4.38. The van der Waals surface area contributed by atoms with Gasteiger partial charge in [-0.2, -0.15) is 18.3 Å². The molecule has 2 heterocycles. The van der Waals surface area contributed by atoms with E-state index in [0.29, 0.717) is 38.9 Å². The summed E-state index contributed by atoms with van der Waals surface area (Å²) in [5, 5.41) is 16.5. The number of nitrogens with zero attached hydrogens (tertiary/aromatic N) is 3. The summed E-state index contributed by atoms with van der Waals surface area (Å²) in [7, 11) is 1.52. The second-order valence-corrected chi connectivity index (χ2v) is 8.46. The minimum absolute atomic E-state index is 0.300. The van der Waals surface area contributed by atoms with Crippen molar-refractivity contribution in [2.45, 2.75) is 25.2 Å². The Labute approximate surface area is 197 Å². The Morgan fingerprint density at radius 2 is 1.63 bits per heavy atom. The van der Waals surface area contributed by atoms with E-state index in [4.69, 9.17) is 4.74 Å². The monoisotopic (exact) mass is 483 g/mol. The number of alkyl halides is 3. The highest BCUT2D eigenvalue weighted by molar-refractivity contribution is 5.83. The van der Waals surface area contributed by atoms with Gasteiger partial charge in [-0.05, 0) is 73.2 Å². The molecule has 0 aliphatic heterocycles. The summed E-state index contributed by atoms with van der Waals surface area (Å²) < 4.78 is 64.7. The lowest BCUT2D eigenvalue weighted by molar-refractivity contribution is -0.271. The van der Waals surface area contributed by atoms with Crippen LogP contribution in [-0.4, -0.2) is 32.7 Å². The Kier molecular flexibility index (Phi) is 5.32. The zero-order chi connectivity index (χ0) is 25.0. The van der Waals surface area contributed by atoms with Crippen molar-refractivity contribution in [1.29, 1.82) is 0 Å². The number of aryl methyl sites for hydroxylation is 1. The Balaban J connectivity index is 1.59. The van der Waals surface area contributed by atoms with Crippen molar-refractivity contribution in [1.82, 2.24) is 14.3 Å². The number of hydrogen-bond acceptors (Lipinski definition) is 3. The third kappa shape index (κ3) is 3.81. The van der Waals surface area contributed by atoms with Crippen molar-refractivity contribution >= 4 is 21.8 Å². The molecule has 0 bridgehead atoms. The number of hydrogen-bond donors (Lipinski definition) is 1. The highest BCUT2D eigenvalue weighted by Gasteiger charge is 2.55. The number of rotatable bonds is 5. The molecule has 0 saturated carbocycles. The van der Waals surface area contributed by atoms with E-state index in [0.717, 1.165) is 0 Å². The Hall–Kier alpha value is -3.85. The molecular weight excluding hydrogens is 462 g/mol. The highest BCUT2D eigenvalue weighted by Crippen LogP contribution is 2.42. The second-order valence-electron chi connectivity index (χ2n) is 8.46. The van der Waals surface area contributed by atoms with Gasteiger partial charge >= 0.3 is 6.18 Å². The third-order valence-electron chi connectivity index (χ3n) is 6.29. The lowest BCUT2D eigenvalue weighted by Crippen LogP contribution is -2.46. The van der Waals surface area contributed by atoms with Crippen LogP contribution in [0.4, 0.5) is 17.6 Å². The van der Waals surface area contributed by atoms with E-state index in [2.05, 4.69) is 5.10 Å². The SMILES string of the molecule is COc1ccc2c(c1)cc(C)n2CC(O)(c1ccc2c(cnn2-c2ccc(F)cc2)c1)C(F)(F)F. The van der Waals surface area contributed by atoms with E-state index in [9.17, 15) is 22.7 Å². The maximum absolute atomic E-state index is 14.4. The van der Waals surface area contributed by atoms with Crippen LogP contribution in [-0.2, 0) is 12.1 Å². The van der Waals surface area contributed by atoms with Gasteiger partial charge in [-0.1, -0.05) is 6.07 Å². The van der Waals surface area contributed by atoms with Gasteiger partial charge in [0.25, 0.3) is 0 Å². The van der Waals surface area contributed by atoms with E-state index in [1.807, 2.05) is 0 Å². The minimum atomic E-state index is -4.96. The molecule has 35 heavy (non-hydrogen) atoms. The quantitative estimate of drug-likeness (QED) is 0.318. The molecule has 0 saturated heterocycles. The van der Waals surface area contributed by atoms with Gasteiger partial charge in [-0.15, -0.1) is 0 Å². The summed E-state index contributed by atoms with van der Waals surface area (Å²) in [5.41, 5.74) is -1.25. The molecule has 5 nitrogen and oxygen atoms in total. The van der Waals surface area contributed by atoms with Gasteiger partial charge in [0, 0.05) is 22.0 Å². The fraction of sp³-hybridized carbons (Fsp3) is 0.192. The van der Waals surface area contributed by atoms with Crippen LogP contribution in [0, 0.1) is 12.7 Å². The molecule has 0 fully saturated rings. The van der Waals surface area contributed by atoms with Crippen LogP contribution in [0.1, 0.15) is 11.3 Å². The smallest absolute Gasteiger partial charge is 0.423 e. The van der Waals surface area contributed by atoms with E-state index >= 15 is 0 Å². The molecule has 0 radical (unpaired) electrons. The minimum Gasteiger partial charge on any atom is -0.497 e. The summed E-state index contributed by atoms with van der Waals surface area (Å²) in [4.78, 5) is 0. The summed E-state index contributed by atoms with van der Waals surface area (Å²) in [6, 6.07) is 16.5. The van der Waals surface area contributed by atoms with Crippen LogP contribution in [0.2, 0.25) is 0 Å².